The summed E-state index contributed by atoms with van der Waals surface area (Å²) in [4.78, 5) is 29.7. The van der Waals surface area contributed by atoms with E-state index in [0.717, 1.165) is 15.9 Å². The third kappa shape index (κ3) is 5.45. The van der Waals surface area contributed by atoms with E-state index in [2.05, 4.69) is 45.0 Å². The molecule has 0 saturated carbocycles. The van der Waals surface area contributed by atoms with Gasteiger partial charge in [0.2, 0.25) is 11.8 Å². The van der Waals surface area contributed by atoms with Gasteiger partial charge in [-0.05, 0) is 75.0 Å². The van der Waals surface area contributed by atoms with Crippen LogP contribution in [0.2, 0.25) is 5.04 Å². The Labute approximate surface area is 283 Å². The van der Waals surface area contributed by atoms with Crippen molar-refractivity contribution in [2.45, 2.75) is 44.8 Å². The second-order valence-corrected chi connectivity index (χ2v) is 18.4. The molecule has 244 valence electrons. The molecule has 4 aromatic rings. The lowest BCUT2D eigenvalue weighted by Gasteiger charge is -2.45. The van der Waals surface area contributed by atoms with Gasteiger partial charge in [0, 0.05) is 0 Å². The molecule has 0 aromatic heterocycles. The van der Waals surface area contributed by atoms with Crippen LogP contribution in [-0.2, 0) is 18.7 Å². The van der Waals surface area contributed by atoms with Crippen molar-refractivity contribution < 1.29 is 28.8 Å². The highest BCUT2D eigenvalue weighted by Gasteiger charge is 2.59. The van der Waals surface area contributed by atoms with Gasteiger partial charge in [-0.3, -0.25) is 14.5 Å². The Morgan fingerprint density at radius 3 is 2.02 bits per heavy atom. The second kappa shape index (κ2) is 12.6. The van der Waals surface area contributed by atoms with Gasteiger partial charge < -0.3 is 19.2 Å². The van der Waals surface area contributed by atoms with Crippen LogP contribution in [0.4, 0.5) is 5.69 Å². The molecule has 1 aliphatic carbocycles. The van der Waals surface area contributed by atoms with Crippen LogP contribution in [0.25, 0.3) is 0 Å². The lowest BCUT2D eigenvalue weighted by molar-refractivity contribution is -0.123. The van der Waals surface area contributed by atoms with E-state index in [4.69, 9.17) is 9.08 Å². The summed E-state index contributed by atoms with van der Waals surface area (Å²) in [5.41, 5.74) is 2.71. The summed E-state index contributed by atoms with van der Waals surface area (Å²) in [5.74, 6) is -2.09. The average molecular weight is 658 g/mol. The van der Waals surface area contributed by atoms with E-state index >= 15 is 0 Å². The summed E-state index contributed by atoms with van der Waals surface area (Å²) in [6.45, 7) is 6.83. The molecule has 4 aromatic carbocycles. The molecule has 9 heteroatoms. The number of hydrogen-bond donors (Lipinski definition) is 2. The molecule has 0 bridgehead atoms. The van der Waals surface area contributed by atoms with Crippen LogP contribution < -0.4 is 15.3 Å². The van der Waals surface area contributed by atoms with Crippen LogP contribution in [-0.4, -0.2) is 44.0 Å². The van der Waals surface area contributed by atoms with Gasteiger partial charge in [0.1, 0.15) is 5.75 Å². The summed E-state index contributed by atoms with van der Waals surface area (Å²) in [7, 11) is -4.26. The molecule has 2 heterocycles. The molecule has 48 heavy (non-hydrogen) atoms. The minimum atomic E-state index is -2.96. The van der Waals surface area contributed by atoms with Gasteiger partial charge in [-0.2, -0.15) is 0 Å². The third-order valence-corrected chi connectivity index (χ3v) is 15.3. The van der Waals surface area contributed by atoms with Gasteiger partial charge in [-0.1, -0.05) is 112 Å². The van der Waals surface area contributed by atoms with E-state index in [9.17, 15) is 19.7 Å². The summed E-state index contributed by atoms with van der Waals surface area (Å²) in [5, 5.41) is 24.0. The van der Waals surface area contributed by atoms with Crippen LogP contribution in [0.3, 0.4) is 0 Å². The number of phenols is 1. The molecule has 0 radical (unpaired) electrons. The van der Waals surface area contributed by atoms with E-state index < -0.39 is 39.3 Å². The molecule has 2 fully saturated rings. The van der Waals surface area contributed by atoms with E-state index in [1.807, 2.05) is 60.7 Å². The lowest BCUT2D eigenvalue weighted by Crippen LogP contribution is -2.66. The monoisotopic (exact) mass is 657 g/mol. The maximum atomic E-state index is 14.2. The van der Waals surface area contributed by atoms with Gasteiger partial charge >= 0.3 is 7.12 Å². The Kier molecular flexibility index (Phi) is 8.50. The fourth-order valence-electron chi connectivity index (χ4n) is 8.27. The van der Waals surface area contributed by atoms with Crippen molar-refractivity contribution in [2.24, 2.45) is 17.8 Å². The molecule has 2 amide bonds. The molecular weight excluding hydrogens is 617 g/mol. The summed E-state index contributed by atoms with van der Waals surface area (Å²) >= 11 is 0. The fraction of sp³-hybridized carbons (Fsp3) is 0.282. The largest absolute Gasteiger partial charge is 0.508 e. The average Bonchev–Trinajstić information content (AvgIpc) is 3.34. The molecule has 2 saturated heterocycles. The van der Waals surface area contributed by atoms with Crippen LogP contribution in [0.15, 0.2) is 126 Å². The minimum Gasteiger partial charge on any atom is -0.508 e. The quantitative estimate of drug-likeness (QED) is 0.199. The van der Waals surface area contributed by atoms with E-state index in [-0.39, 0.29) is 29.2 Å². The first kappa shape index (κ1) is 32.3. The molecule has 7 rings (SSSR count). The number of fused-ring (bicyclic) bond motifs is 3. The van der Waals surface area contributed by atoms with Crippen molar-refractivity contribution in [3.8, 4) is 5.75 Å². The molecule has 2 N–H and O–H groups in total. The maximum Gasteiger partial charge on any atom is 0.487 e. The first-order chi connectivity index (χ1) is 23.1. The van der Waals surface area contributed by atoms with Crippen LogP contribution in [0, 0.1) is 17.8 Å². The number of nitrogens with zero attached hydrogens (tertiary/aromatic N) is 1. The highest BCUT2D eigenvalue weighted by Crippen LogP contribution is 2.52. The maximum absolute atomic E-state index is 14.2. The Morgan fingerprint density at radius 2 is 1.44 bits per heavy atom. The molecule has 0 spiro atoms. The van der Waals surface area contributed by atoms with Gasteiger partial charge in [0.25, 0.3) is 8.32 Å². The van der Waals surface area contributed by atoms with Gasteiger partial charge in [0.15, 0.2) is 0 Å². The number of phenolic OH excluding ortho intramolecular Hbond substituents is 1. The molecule has 4 atom stereocenters. The Balaban J connectivity index is 1.33. The number of anilines is 1. The first-order valence-electron chi connectivity index (χ1n) is 16.6. The van der Waals surface area contributed by atoms with Crippen molar-refractivity contribution in [3.05, 3.63) is 132 Å². The van der Waals surface area contributed by atoms with E-state index in [1.54, 1.807) is 30.3 Å². The Bertz CT molecular complexity index is 1810. The number of hydrogen-bond acceptors (Lipinski definition) is 6. The SMILES string of the molecule is CC(C)(C)[Si](OCC1=C2B(O)O[C@H](c3cccc(O)c3)C[C@H]2[C@H]2C(=O)N(c3ccccc3)C(=O)[C@H]2C1)(c1ccccc1)c1ccccc1. The van der Waals surface area contributed by atoms with Crippen LogP contribution >= 0.6 is 0 Å². The molecule has 7 nitrogen and oxygen atoms in total. The van der Waals surface area contributed by atoms with Gasteiger partial charge in [0.05, 0.1) is 30.2 Å². The van der Waals surface area contributed by atoms with E-state index in [0.29, 0.717) is 29.6 Å². The first-order valence-corrected chi connectivity index (χ1v) is 18.5. The smallest absolute Gasteiger partial charge is 0.487 e. The van der Waals surface area contributed by atoms with E-state index in [1.165, 1.54) is 4.90 Å². The second-order valence-electron chi connectivity index (χ2n) is 14.1. The molecule has 2 aliphatic heterocycles. The number of carbonyl (C=O) groups excluding carboxylic acids is 2. The molecule has 0 unspecified atom stereocenters. The van der Waals surface area contributed by atoms with Gasteiger partial charge in [-0.15, -0.1) is 0 Å². The highest BCUT2D eigenvalue weighted by molar-refractivity contribution is 6.99. The number of allylic oxidation sites excluding steroid dienone is 1. The predicted molar refractivity (Wildman–Crippen MR) is 189 cm³/mol. The fourth-order valence-corrected chi connectivity index (χ4v) is 12.8. The molecule has 3 aliphatic rings. The van der Waals surface area contributed by atoms with Crippen LogP contribution in [0.1, 0.15) is 45.3 Å². The van der Waals surface area contributed by atoms with Crippen molar-refractivity contribution in [1.82, 2.24) is 0 Å². The van der Waals surface area contributed by atoms with Crippen molar-refractivity contribution in [1.29, 1.82) is 0 Å². The van der Waals surface area contributed by atoms with Crippen molar-refractivity contribution >= 4 is 43.3 Å². The number of aromatic hydroxyl groups is 1. The number of benzene rings is 4. The number of amides is 2. The number of imide groups is 1. The van der Waals surface area contributed by atoms with Crippen LogP contribution in [0.5, 0.6) is 5.75 Å². The third-order valence-electron chi connectivity index (χ3n) is 10.3. The molecular formula is C39H40BNO6Si. The zero-order valence-electron chi connectivity index (χ0n) is 27.5. The zero-order valence-corrected chi connectivity index (χ0v) is 28.5. The number of para-hydroxylation sites is 1. The lowest BCUT2D eigenvalue weighted by atomic mass is 9.55. The Morgan fingerprint density at radius 1 is 0.833 bits per heavy atom. The zero-order chi connectivity index (χ0) is 33.6. The highest BCUT2D eigenvalue weighted by atomic mass is 28.4. The topological polar surface area (TPSA) is 96.3 Å². The summed E-state index contributed by atoms with van der Waals surface area (Å²) in [6.07, 6.45) is 0.0911. The number of rotatable bonds is 7. The predicted octanol–water partition coefficient (Wildman–Crippen LogP) is 5.57. The number of carbonyl (C=O) groups is 2. The summed E-state index contributed by atoms with van der Waals surface area (Å²) in [6, 6.07) is 36.6. The Hall–Kier alpha value is -4.28. The minimum absolute atomic E-state index is 0.0928. The van der Waals surface area contributed by atoms with Crippen molar-refractivity contribution in [2.75, 3.05) is 11.5 Å². The van der Waals surface area contributed by atoms with Gasteiger partial charge in [-0.25, -0.2) is 0 Å². The standard InChI is InChI=1S/C39H40BNO6Si/c1-39(2,3)48(30-18-9-5-10-19-30,31-20-11-6-12-21-31)46-25-27-23-33-35(38(44)41(37(33)43)28-15-7-4-8-16-28)32-24-34(47-40(45)36(27)32)26-14-13-17-29(42)22-26/h4-22,32-35,42,45H,23-25H2,1-3H3/t32-,33-,34-,35+/m0/s1. The van der Waals surface area contributed by atoms with Crippen molar-refractivity contribution in [3.63, 3.8) is 0 Å². The summed E-state index contributed by atoms with van der Waals surface area (Å²) < 4.78 is 13.6. The normalized spacial score (nSPS) is 22.9.